The molecule has 1 aliphatic heterocycles. The first-order valence-corrected chi connectivity index (χ1v) is 8.65. The maximum atomic E-state index is 14.2. The van der Waals surface area contributed by atoms with Crippen LogP contribution < -0.4 is 14.8 Å². The first-order valence-electron chi connectivity index (χ1n) is 7.83. The highest BCUT2D eigenvalue weighted by molar-refractivity contribution is 7.19. The Bertz CT molecular complexity index is 982. The summed E-state index contributed by atoms with van der Waals surface area (Å²) < 4.78 is 25.5. The van der Waals surface area contributed by atoms with E-state index in [1.54, 1.807) is 26.4 Å². The third-order valence-electron chi connectivity index (χ3n) is 4.46. The van der Waals surface area contributed by atoms with Crippen molar-refractivity contribution in [1.29, 1.82) is 0 Å². The minimum Gasteiger partial charge on any atom is -0.497 e. The van der Waals surface area contributed by atoms with Crippen LogP contribution in [0.5, 0.6) is 11.5 Å². The first kappa shape index (κ1) is 15.9. The van der Waals surface area contributed by atoms with E-state index in [-0.39, 0.29) is 24.2 Å². The van der Waals surface area contributed by atoms with Crippen LogP contribution in [0.15, 0.2) is 36.4 Å². The van der Waals surface area contributed by atoms with Gasteiger partial charge in [-0.2, -0.15) is 0 Å². The summed E-state index contributed by atoms with van der Waals surface area (Å²) in [6, 6.07) is 10.1. The summed E-state index contributed by atoms with van der Waals surface area (Å²) in [6.07, 6.45) is 0.258. The summed E-state index contributed by atoms with van der Waals surface area (Å²) in [5.74, 6) is 0.949. The minimum absolute atomic E-state index is 0.0840. The van der Waals surface area contributed by atoms with Crippen LogP contribution in [-0.4, -0.2) is 20.1 Å². The van der Waals surface area contributed by atoms with Crippen LogP contribution in [0.2, 0.25) is 0 Å². The largest absolute Gasteiger partial charge is 0.497 e. The van der Waals surface area contributed by atoms with E-state index < -0.39 is 0 Å². The first-order chi connectivity index (χ1) is 12.1. The number of hydrogen-bond acceptors (Lipinski definition) is 4. The smallest absolute Gasteiger partial charge is 0.225 e. The summed E-state index contributed by atoms with van der Waals surface area (Å²) in [5, 5.41) is 3.82. The number of halogens is 1. The fraction of sp³-hybridized carbons (Fsp3) is 0.211. The number of amides is 1. The molecular formula is C19H16FNO3S. The van der Waals surface area contributed by atoms with Crippen molar-refractivity contribution < 1.29 is 18.7 Å². The molecule has 1 aliphatic rings. The summed E-state index contributed by atoms with van der Waals surface area (Å²) in [6.45, 7) is 0. The molecule has 0 fully saturated rings. The van der Waals surface area contributed by atoms with Gasteiger partial charge in [0, 0.05) is 16.5 Å². The molecule has 1 atom stereocenters. The molecule has 1 unspecified atom stereocenters. The van der Waals surface area contributed by atoms with Gasteiger partial charge >= 0.3 is 0 Å². The molecule has 4 rings (SSSR count). The van der Waals surface area contributed by atoms with Gasteiger partial charge in [-0.15, -0.1) is 11.3 Å². The second-order valence-corrected chi connectivity index (χ2v) is 6.90. The van der Waals surface area contributed by atoms with Crippen molar-refractivity contribution in [1.82, 2.24) is 5.32 Å². The molecule has 1 N–H and O–H groups in total. The van der Waals surface area contributed by atoms with Crippen molar-refractivity contribution in [2.45, 2.75) is 12.5 Å². The van der Waals surface area contributed by atoms with Gasteiger partial charge in [-0.25, -0.2) is 4.39 Å². The Morgan fingerprint density at radius 2 is 2.04 bits per heavy atom. The fourth-order valence-corrected chi connectivity index (χ4v) is 4.58. The molecule has 3 aromatic rings. The van der Waals surface area contributed by atoms with Crippen LogP contribution >= 0.6 is 11.3 Å². The van der Waals surface area contributed by atoms with Gasteiger partial charge < -0.3 is 14.8 Å². The van der Waals surface area contributed by atoms with E-state index in [0.29, 0.717) is 16.2 Å². The molecule has 0 spiro atoms. The summed E-state index contributed by atoms with van der Waals surface area (Å²) in [5.41, 5.74) is 1.72. The minimum atomic E-state index is -0.367. The van der Waals surface area contributed by atoms with Gasteiger partial charge in [0.1, 0.15) is 17.3 Å². The number of methoxy groups -OCH3 is 2. The Labute approximate surface area is 148 Å². The van der Waals surface area contributed by atoms with E-state index >= 15 is 0 Å². The van der Waals surface area contributed by atoms with Crippen LogP contribution in [0, 0.1) is 5.82 Å². The Hall–Kier alpha value is -2.60. The van der Waals surface area contributed by atoms with Gasteiger partial charge in [0.15, 0.2) is 0 Å². The van der Waals surface area contributed by atoms with Gasteiger partial charge in [0.25, 0.3) is 0 Å². The third kappa shape index (κ3) is 2.53. The molecule has 0 radical (unpaired) electrons. The standard InChI is InChI=1S/C19H16FNO3S/c1-23-10-6-7-12(15(8-10)24-2)17-19-13(9-16(22)21-17)11-4-3-5-14(20)18(11)25-19/h3-8,17H,9H2,1-2H3,(H,21,22). The van der Waals surface area contributed by atoms with Crippen LogP contribution in [0.3, 0.4) is 0 Å². The molecule has 0 bridgehead atoms. The number of nitrogens with one attached hydrogen (secondary N) is 1. The average Bonchev–Trinajstić information content (AvgIpc) is 3.00. The van der Waals surface area contributed by atoms with Gasteiger partial charge in [-0.05, 0) is 29.1 Å². The second-order valence-electron chi connectivity index (χ2n) is 5.85. The highest BCUT2D eigenvalue weighted by Gasteiger charge is 2.32. The number of carbonyl (C=O) groups is 1. The van der Waals surface area contributed by atoms with Crippen LogP contribution in [0.4, 0.5) is 4.39 Å². The average molecular weight is 357 g/mol. The highest BCUT2D eigenvalue weighted by Crippen LogP contribution is 2.43. The predicted molar refractivity (Wildman–Crippen MR) is 95.0 cm³/mol. The zero-order chi connectivity index (χ0) is 17.6. The number of rotatable bonds is 3. The van der Waals surface area contributed by atoms with Gasteiger partial charge in [-0.3, -0.25) is 4.79 Å². The van der Waals surface area contributed by atoms with Crippen LogP contribution in [0.25, 0.3) is 10.1 Å². The Kier molecular flexibility index (Phi) is 3.84. The lowest BCUT2D eigenvalue weighted by atomic mass is 9.94. The molecule has 4 nitrogen and oxygen atoms in total. The number of benzene rings is 2. The number of ether oxygens (including phenoxy) is 2. The maximum absolute atomic E-state index is 14.2. The van der Waals surface area contributed by atoms with E-state index in [1.165, 1.54) is 17.4 Å². The van der Waals surface area contributed by atoms with Crippen molar-refractivity contribution in [3.8, 4) is 11.5 Å². The van der Waals surface area contributed by atoms with E-state index in [1.807, 2.05) is 18.2 Å². The third-order valence-corrected chi connectivity index (χ3v) is 5.78. The quantitative estimate of drug-likeness (QED) is 0.775. The topological polar surface area (TPSA) is 47.6 Å². The second kappa shape index (κ2) is 6.04. The van der Waals surface area contributed by atoms with Crippen LogP contribution in [0.1, 0.15) is 22.0 Å². The maximum Gasteiger partial charge on any atom is 0.225 e. The lowest BCUT2D eigenvalue weighted by Gasteiger charge is -2.26. The molecule has 1 aromatic heterocycles. The molecular weight excluding hydrogens is 341 g/mol. The van der Waals surface area contributed by atoms with Gasteiger partial charge in [-0.1, -0.05) is 12.1 Å². The molecule has 6 heteroatoms. The molecule has 0 aliphatic carbocycles. The van der Waals surface area contributed by atoms with Crippen LogP contribution in [-0.2, 0) is 11.2 Å². The van der Waals surface area contributed by atoms with Crippen molar-refractivity contribution in [3.05, 3.63) is 58.2 Å². The Morgan fingerprint density at radius 3 is 2.80 bits per heavy atom. The predicted octanol–water partition coefficient (Wildman–Crippen LogP) is 3.82. The zero-order valence-electron chi connectivity index (χ0n) is 13.8. The normalized spacial score (nSPS) is 16.4. The molecule has 0 saturated carbocycles. The number of thiophene rings is 1. The molecule has 128 valence electrons. The Morgan fingerprint density at radius 1 is 1.20 bits per heavy atom. The fourth-order valence-electron chi connectivity index (χ4n) is 3.28. The zero-order valence-corrected chi connectivity index (χ0v) is 14.6. The van der Waals surface area contributed by atoms with E-state index in [2.05, 4.69) is 5.32 Å². The van der Waals surface area contributed by atoms with Crippen molar-refractivity contribution in [3.63, 3.8) is 0 Å². The van der Waals surface area contributed by atoms with E-state index in [0.717, 1.165) is 21.4 Å². The van der Waals surface area contributed by atoms with Gasteiger partial charge in [0.2, 0.25) is 5.91 Å². The molecule has 25 heavy (non-hydrogen) atoms. The SMILES string of the molecule is COc1ccc(C2NC(=O)Cc3c2sc2c(F)cccc32)c(OC)c1. The van der Waals surface area contributed by atoms with Crippen molar-refractivity contribution >= 4 is 27.3 Å². The summed E-state index contributed by atoms with van der Waals surface area (Å²) in [4.78, 5) is 13.2. The van der Waals surface area contributed by atoms with Crippen molar-refractivity contribution in [2.75, 3.05) is 14.2 Å². The molecule has 2 aromatic carbocycles. The van der Waals surface area contributed by atoms with Crippen molar-refractivity contribution in [2.24, 2.45) is 0 Å². The highest BCUT2D eigenvalue weighted by atomic mass is 32.1. The summed E-state index contributed by atoms with van der Waals surface area (Å²) in [7, 11) is 3.16. The lowest BCUT2D eigenvalue weighted by Crippen LogP contribution is -2.35. The molecule has 1 amide bonds. The summed E-state index contributed by atoms with van der Waals surface area (Å²) >= 11 is 1.38. The number of fused-ring (bicyclic) bond motifs is 3. The monoisotopic (exact) mass is 357 g/mol. The van der Waals surface area contributed by atoms with E-state index in [4.69, 9.17) is 9.47 Å². The number of carbonyl (C=O) groups excluding carboxylic acids is 1. The lowest BCUT2D eigenvalue weighted by molar-refractivity contribution is -0.121. The molecule has 2 heterocycles. The van der Waals surface area contributed by atoms with Gasteiger partial charge in [0.05, 0.1) is 31.4 Å². The number of hydrogen-bond donors (Lipinski definition) is 1. The van der Waals surface area contributed by atoms with E-state index in [9.17, 15) is 9.18 Å². The molecule has 0 saturated heterocycles. The Balaban J connectivity index is 1.92.